The molecule has 0 unspecified atom stereocenters. The Balaban J connectivity index is 2.29. The maximum absolute atomic E-state index is 8.78. The highest BCUT2D eigenvalue weighted by Gasteiger charge is 1.91. The normalized spacial score (nSPS) is 9.33. The van der Waals surface area contributed by atoms with E-state index in [0.717, 1.165) is 5.69 Å². The Morgan fingerprint density at radius 2 is 2.08 bits per heavy atom. The Morgan fingerprint density at radius 1 is 1.42 bits per heavy atom. The summed E-state index contributed by atoms with van der Waals surface area (Å²) in [4.78, 5) is 0. The van der Waals surface area contributed by atoms with Gasteiger partial charge in [0.2, 0.25) is 0 Å². The molecule has 12 heavy (non-hydrogen) atoms. The molecule has 3 heteroatoms. The van der Waals surface area contributed by atoms with Gasteiger partial charge < -0.3 is 9.83 Å². The van der Waals surface area contributed by atoms with Crippen molar-refractivity contribution in [2.45, 2.75) is 0 Å². The third-order valence-electron chi connectivity index (χ3n) is 1.20. The van der Waals surface area contributed by atoms with E-state index in [-0.39, 0.29) is 5.76 Å². The van der Waals surface area contributed by atoms with Gasteiger partial charge in [0, 0.05) is 5.69 Å². The lowest BCUT2D eigenvalue weighted by molar-refractivity contribution is 0.420. The van der Waals surface area contributed by atoms with Gasteiger partial charge in [-0.25, -0.2) is 0 Å². The SMILES string of the molecule is C=C(O)CSNc1ccccc1. The van der Waals surface area contributed by atoms with E-state index in [2.05, 4.69) is 11.3 Å². The van der Waals surface area contributed by atoms with Gasteiger partial charge in [0.15, 0.2) is 0 Å². The fourth-order valence-corrected chi connectivity index (χ4v) is 1.25. The molecule has 0 amide bonds. The Kier molecular flexibility index (Phi) is 3.54. The van der Waals surface area contributed by atoms with Crippen molar-refractivity contribution in [3.05, 3.63) is 42.7 Å². The van der Waals surface area contributed by atoms with E-state index >= 15 is 0 Å². The highest BCUT2D eigenvalue weighted by atomic mass is 32.2. The predicted molar refractivity (Wildman–Crippen MR) is 54.3 cm³/mol. The molecule has 1 rings (SSSR count). The third kappa shape index (κ3) is 3.34. The first kappa shape index (κ1) is 9.00. The van der Waals surface area contributed by atoms with Crippen LogP contribution in [0, 0.1) is 0 Å². The Hall–Kier alpha value is -1.09. The lowest BCUT2D eigenvalue weighted by atomic mass is 10.3. The summed E-state index contributed by atoms with van der Waals surface area (Å²) in [5.41, 5.74) is 1.03. The summed E-state index contributed by atoms with van der Waals surface area (Å²) in [6.45, 7) is 3.38. The number of hydrogen-bond donors (Lipinski definition) is 2. The molecule has 1 aromatic carbocycles. The fraction of sp³-hybridized carbons (Fsp3) is 0.111. The molecule has 2 N–H and O–H groups in total. The van der Waals surface area contributed by atoms with Gasteiger partial charge in [-0.3, -0.25) is 0 Å². The van der Waals surface area contributed by atoms with Gasteiger partial charge in [0.25, 0.3) is 0 Å². The van der Waals surface area contributed by atoms with Crippen LogP contribution in [0.15, 0.2) is 42.7 Å². The van der Waals surface area contributed by atoms with Gasteiger partial charge in [-0.15, -0.1) is 0 Å². The Labute approximate surface area is 76.4 Å². The number of nitrogens with one attached hydrogen (secondary N) is 1. The molecule has 0 aliphatic heterocycles. The molecular weight excluding hydrogens is 170 g/mol. The van der Waals surface area contributed by atoms with E-state index in [1.165, 1.54) is 11.9 Å². The van der Waals surface area contributed by atoms with E-state index in [0.29, 0.717) is 5.75 Å². The molecule has 0 bridgehead atoms. The molecule has 0 saturated carbocycles. The fourth-order valence-electron chi connectivity index (χ4n) is 0.709. The molecule has 0 spiro atoms. The maximum atomic E-state index is 8.78. The van der Waals surface area contributed by atoms with Crippen molar-refractivity contribution in [2.24, 2.45) is 0 Å². The minimum Gasteiger partial charge on any atom is -0.512 e. The first-order valence-electron chi connectivity index (χ1n) is 3.58. The monoisotopic (exact) mass is 181 g/mol. The highest BCUT2D eigenvalue weighted by Crippen LogP contribution is 2.12. The zero-order valence-electron chi connectivity index (χ0n) is 6.66. The third-order valence-corrected chi connectivity index (χ3v) is 2.06. The predicted octanol–water partition coefficient (Wildman–Crippen LogP) is 2.82. The van der Waals surface area contributed by atoms with Crippen molar-refractivity contribution in [3.8, 4) is 0 Å². The molecule has 1 aromatic rings. The number of anilines is 1. The van der Waals surface area contributed by atoms with Crippen LogP contribution in [-0.4, -0.2) is 10.9 Å². The van der Waals surface area contributed by atoms with Crippen LogP contribution in [0.1, 0.15) is 0 Å². The number of benzene rings is 1. The van der Waals surface area contributed by atoms with Crippen LogP contribution in [0.25, 0.3) is 0 Å². The van der Waals surface area contributed by atoms with Crippen LogP contribution in [-0.2, 0) is 0 Å². The van der Waals surface area contributed by atoms with E-state index in [4.69, 9.17) is 5.11 Å². The molecule has 0 heterocycles. The van der Waals surface area contributed by atoms with E-state index < -0.39 is 0 Å². The van der Waals surface area contributed by atoms with Crippen LogP contribution >= 0.6 is 11.9 Å². The van der Waals surface area contributed by atoms with Crippen LogP contribution in [0.5, 0.6) is 0 Å². The molecule has 0 saturated heterocycles. The van der Waals surface area contributed by atoms with Gasteiger partial charge in [-0.05, 0) is 24.1 Å². The van der Waals surface area contributed by atoms with Crippen LogP contribution in [0.4, 0.5) is 5.69 Å². The molecule has 0 atom stereocenters. The number of aliphatic hydroxyl groups is 1. The average Bonchev–Trinajstić information content (AvgIpc) is 2.05. The maximum Gasteiger partial charge on any atom is 0.0968 e. The molecule has 64 valence electrons. The van der Waals surface area contributed by atoms with Gasteiger partial charge in [-0.1, -0.05) is 24.8 Å². The lowest BCUT2D eigenvalue weighted by Crippen LogP contribution is -1.90. The second-order valence-corrected chi connectivity index (χ2v) is 3.10. The zero-order valence-corrected chi connectivity index (χ0v) is 7.47. The minimum atomic E-state index is 0.184. The van der Waals surface area contributed by atoms with E-state index in [1.807, 2.05) is 30.3 Å². The molecule has 2 nitrogen and oxygen atoms in total. The number of para-hydroxylation sites is 1. The summed E-state index contributed by atoms with van der Waals surface area (Å²) in [6, 6.07) is 9.80. The van der Waals surface area contributed by atoms with Gasteiger partial charge in [0.1, 0.15) is 0 Å². The zero-order chi connectivity index (χ0) is 8.81. The van der Waals surface area contributed by atoms with Gasteiger partial charge in [0.05, 0.1) is 11.5 Å². The first-order valence-corrected chi connectivity index (χ1v) is 4.57. The minimum absolute atomic E-state index is 0.184. The number of hydrogen-bond acceptors (Lipinski definition) is 3. The summed E-state index contributed by atoms with van der Waals surface area (Å²) in [5, 5.41) is 8.78. The first-order chi connectivity index (χ1) is 5.79. The second-order valence-electron chi connectivity index (χ2n) is 2.32. The summed E-state index contributed by atoms with van der Waals surface area (Å²) in [5.74, 6) is 0.693. The van der Waals surface area contributed by atoms with Gasteiger partial charge >= 0.3 is 0 Å². The number of rotatable bonds is 4. The second kappa shape index (κ2) is 4.72. The summed E-state index contributed by atoms with van der Waals surface area (Å²) in [6.07, 6.45) is 0. The average molecular weight is 181 g/mol. The quantitative estimate of drug-likeness (QED) is 0.553. The smallest absolute Gasteiger partial charge is 0.0968 e. The highest BCUT2D eigenvalue weighted by molar-refractivity contribution is 8.00. The summed E-state index contributed by atoms with van der Waals surface area (Å²) in [7, 11) is 0. The van der Waals surface area contributed by atoms with Crippen molar-refractivity contribution >= 4 is 17.6 Å². The Bertz CT molecular complexity index is 248. The Morgan fingerprint density at radius 3 is 2.67 bits per heavy atom. The van der Waals surface area contributed by atoms with E-state index in [9.17, 15) is 0 Å². The van der Waals surface area contributed by atoms with Crippen molar-refractivity contribution in [1.82, 2.24) is 0 Å². The number of aliphatic hydroxyl groups excluding tert-OH is 1. The van der Waals surface area contributed by atoms with Crippen molar-refractivity contribution < 1.29 is 5.11 Å². The van der Waals surface area contributed by atoms with Crippen LogP contribution in [0.2, 0.25) is 0 Å². The van der Waals surface area contributed by atoms with Crippen LogP contribution < -0.4 is 4.72 Å². The molecule has 0 radical (unpaired) electrons. The molecule has 0 aliphatic rings. The summed E-state index contributed by atoms with van der Waals surface area (Å²) >= 11 is 1.41. The van der Waals surface area contributed by atoms with Crippen molar-refractivity contribution in [1.29, 1.82) is 0 Å². The van der Waals surface area contributed by atoms with Crippen molar-refractivity contribution in [2.75, 3.05) is 10.5 Å². The summed E-state index contributed by atoms with van der Waals surface area (Å²) < 4.78 is 3.07. The molecular formula is C9H11NOS. The molecule has 0 fully saturated rings. The van der Waals surface area contributed by atoms with E-state index in [1.54, 1.807) is 0 Å². The lowest BCUT2D eigenvalue weighted by Gasteiger charge is -2.03. The molecule has 0 aliphatic carbocycles. The van der Waals surface area contributed by atoms with Gasteiger partial charge in [-0.2, -0.15) is 0 Å². The van der Waals surface area contributed by atoms with Crippen molar-refractivity contribution in [3.63, 3.8) is 0 Å². The molecule has 0 aromatic heterocycles. The topological polar surface area (TPSA) is 32.3 Å². The largest absolute Gasteiger partial charge is 0.512 e. The standard InChI is InChI=1S/C9H11NOS/c1-8(11)7-12-10-9-5-3-2-4-6-9/h2-6,10-11H,1,7H2. The van der Waals surface area contributed by atoms with Crippen LogP contribution in [0.3, 0.4) is 0 Å².